The average Bonchev–Trinajstić information content (AvgIpc) is 2.92. The Kier molecular flexibility index (Phi) is 13.4. The van der Waals surface area contributed by atoms with Crippen molar-refractivity contribution in [3.63, 3.8) is 0 Å². The third kappa shape index (κ3) is 11.0. The van der Waals surface area contributed by atoms with E-state index in [1.54, 1.807) is 12.4 Å². The predicted molar refractivity (Wildman–Crippen MR) is 152 cm³/mol. The fourth-order valence-electron chi connectivity index (χ4n) is 4.27. The van der Waals surface area contributed by atoms with Crippen LogP contribution in [0.1, 0.15) is 58.6 Å². The fraction of sp³-hybridized carbons (Fsp3) is 0.452. The van der Waals surface area contributed by atoms with Gasteiger partial charge in [-0.25, -0.2) is 5.48 Å². The molecule has 3 N–H and O–H groups in total. The molecule has 0 aliphatic rings. The minimum absolute atomic E-state index is 0.0736. The van der Waals surface area contributed by atoms with Crippen LogP contribution in [0.5, 0.6) is 0 Å². The summed E-state index contributed by atoms with van der Waals surface area (Å²) in [5.41, 5.74) is 6.41. The number of rotatable bonds is 14. The molecule has 0 aliphatic carbocycles. The van der Waals surface area contributed by atoms with Gasteiger partial charge in [0.25, 0.3) is 5.91 Å². The average molecular weight is 538 g/mol. The van der Waals surface area contributed by atoms with Crippen molar-refractivity contribution < 1.29 is 24.3 Å². The summed E-state index contributed by atoms with van der Waals surface area (Å²) < 4.78 is 5.81. The zero-order chi connectivity index (χ0) is 28.8. The summed E-state index contributed by atoms with van der Waals surface area (Å²) in [4.78, 5) is 39.7. The van der Waals surface area contributed by atoms with Gasteiger partial charge in [-0.2, -0.15) is 0 Å². The number of nitrogens with zero attached hydrogens (tertiary/aromatic N) is 1. The fourth-order valence-corrected chi connectivity index (χ4v) is 4.27. The van der Waals surface area contributed by atoms with Crippen LogP contribution in [0.3, 0.4) is 0 Å². The predicted octanol–water partition coefficient (Wildman–Crippen LogP) is 4.99. The first-order valence-corrected chi connectivity index (χ1v) is 13.5. The van der Waals surface area contributed by atoms with Crippen LogP contribution in [0.25, 0.3) is 6.08 Å². The molecule has 8 nitrogen and oxygen atoms in total. The lowest BCUT2D eigenvalue weighted by Gasteiger charge is -2.31. The summed E-state index contributed by atoms with van der Waals surface area (Å²) >= 11 is 0. The molecule has 0 saturated heterocycles. The van der Waals surface area contributed by atoms with Crippen LogP contribution in [0, 0.1) is 23.7 Å². The van der Waals surface area contributed by atoms with Gasteiger partial charge in [0.15, 0.2) is 0 Å². The summed E-state index contributed by atoms with van der Waals surface area (Å²) in [5, 5.41) is 10.8. The van der Waals surface area contributed by atoms with Gasteiger partial charge in [0.05, 0.1) is 18.4 Å². The highest BCUT2D eigenvalue weighted by molar-refractivity contribution is 5.89. The van der Waals surface area contributed by atoms with Crippen LogP contribution in [-0.4, -0.2) is 40.6 Å². The highest BCUT2D eigenvalue weighted by Gasteiger charge is 2.35. The lowest BCUT2D eigenvalue weighted by atomic mass is 9.82. The van der Waals surface area contributed by atoms with Crippen molar-refractivity contribution >= 4 is 23.8 Å². The van der Waals surface area contributed by atoms with E-state index in [2.05, 4.69) is 5.43 Å². The maximum absolute atomic E-state index is 13.6. The third-order valence-corrected chi connectivity index (χ3v) is 6.24. The highest BCUT2D eigenvalue weighted by atomic mass is 16.5. The second-order valence-electron chi connectivity index (χ2n) is 10.6. The maximum atomic E-state index is 13.6. The number of benzene rings is 2. The van der Waals surface area contributed by atoms with Gasteiger partial charge in [-0.15, -0.1) is 0 Å². The zero-order valence-electron chi connectivity index (χ0n) is 23.7. The van der Waals surface area contributed by atoms with Gasteiger partial charge in [-0.3, -0.25) is 30.0 Å². The quantitative estimate of drug-likeness (QED) is 0.232. The number of carbonyl (C=O) groups is 3. The second-order valence-corrected chi connectivity index (χ2v) is 10.6. The molecule has 0 saturated carbocycles. The lowest BCUT2D eigenvalue weighted by molar-refractivity contribution is -0.154. The van der Waals surface area contributed by atoms with Gasteiger partial charge >= 0.3 is 0 Å². The summed E-state index contributed by atoms with van der Waals surface area (Å²) in [7, 11) is 0. The van der Waals surface area contributed by atoms with Crippen molar-refractivity contribution in [3.8, 4) is 0 Å². The van der Waals surface area contributed by atoms with Crippen LogP contribution in [0.4, 0.5) is 0 Å². The smallest absolute Gasteiger partial charge is 0.269 e. The molecular weight excluding hydrogens is 494 g/mol. The molecule has 0 spiro atoms. The van der Waals surface area contributed by atoms with E-state index in [1.165, 1.54) is 5.01 Å². The normalized spacial score (nSPS) is 13.7. The van der Waals surface area contributed by atoms with E-state index in [1.807, 2.05) is 101 Å². The number of carbonyl (C=O) groups excluding carboxylic acids is 3. The summed E-state index contributed by atoms with van der Waals surface area (Å²) in [6.07, 6.45) is 3.54. The largest absolute Gasteiger partial charge is 0.364 e. The van der Waals surface area contributed by atoms with Crippen molar-refractivity contribution in [3.05, 3.63) is 77.9 Å². The molecule has 39 heavy (non-hydrogen) atoms. The number of ether oxygens (including phenoxy) is 1. The first kappa shape index (κ1) is 31.7. The Hall–Kier alpha value is -3.49. The molecule has 3 amide bonds. The van der Waals surface area contributed by atoms with Gasteiger partial charge in [-0.1, -0.05) is 101 Å². The molecule has 0 unspecified atom stereocenters. The number of nitrogens with one attached hydrogen (secondary N) is 2. The monoisotopic (exact) mass is 537 g/mol. The van der Waals surface area contributed by atoms with Crippen molar-refractivity contribution in [2.45, 2.75) is 60.2 Å². The Bertz CT molecular complexity index is 1060. The molecule has 0 heterocycles. The van der Waals surface area contributed by atoms with Crippen LogP contribution in [-0.2, 0) is 25.7 Å². The minimum Gasteiger partial charge on any atom is -0.364 e. The summed E-state index contributed by atoms with van der Waals surface area (Å²) in [5.74, 6) is -2.91. The van der Waals surface area contributed by atoms with Crippen LogP contribution in [0.15, 0.2) is 66.7 Å². The first-order valence-electron chi connectivity index (χ1n) is 13.5. The van der Waals surface area contributed by atoms with E-state index >= 15 is 0 Å². The van der Waals surface area contributed by atoms with Crippen molar-refractivity contribution in [2.75, 3.05) is 6.54 Å². The molecule has 0 aliphatic heterocycles. The Morgan fingerprint density at radius 3 is 2.05 bits per heavy atom. The van der Waals surface area contributed by atoms with Gasteiger partial charge in [0.1, 0.15) is 6.10 Å². The number of amides is 3. The second kappa shape index (κ2) is 16.5. The molecule has 2 aromatic rings. The van der Waals surface area contributed by atoms with E-state index in [4.69, 9.17) is 4.74 Å². The van der Waals surface area contributed by atoms with Crippen LogP contribution in [0.2, 0.25) is 0 Å². The topological polar surface area (TPSA) is 108 Å². The molecule has 2 rings (SSSR count). The Balaban J connectivity index is 2.21. The van der Waals surface area contributed by atoms with Gasteiger partial charge in [0.2, 0.25) is 11.8 Å². The van der Waals surface area contributed by atoms with Crippen LogP contribution >= 0.6 is 0 Å². The van der Waals surface area contributed by atoms with Gasteiger partial charge in [-0.05, 0) is 42.7 Å². The van der Waals surface area contributed by atoms with Gasteiger partial charge in [0, 0.05) is 6.54 Å². The van der Waals surface area contributed by atoms with Gasteiger partial charge < -0.3 is 4.74 Å². The number of allylic oxidation sites excluding steroid dienone is 1. The minimum atomic E-state index is -0.833. The number of hydrogen-bond acceptors (Lipinski definition) is 5. The van der Waals surface area contributed by atoms with Crippen molar-refractivity contribution in [1.29, 1.82) is 0 Å². The Morgan fingerprint density at radius 1 is 0.872 bits per heavy atom. The molecule has 212 valence electrons. The van der Waals surface area contributed by atoms with E-state index < -0.39 is 29.8 Å². The van der Waals surface area contributed by atoms with Crippen molar-refractivity contribution in [2.24, 2.45) is 23.7 Å². The van der Waals surface area contributed by atoms with E-state index in [0.29, 0.717) is 6.42 Å². The highest BCUT2D eigenvalue weighted by Crippen LogP contribution is 2.26. The Morgan fingerprint density at radius 2 is 1.49 bits per heavy atom. The van der Waals surface area contributed by atoms with E-state index in [-0.39, 0.29) is 37.3 Å². The number of hydrogen-bond donors (Lipinski definition) is 3. The number of hydrazine groups is 1. The molecule has 0 radical (unpaired) electrons. The molecule has 2 aromatic carbocycles. The van der Waals surface area contributed by atoms with Crippen molar-refractivity contribution in [1.82, 2.24) is 15.9 Å². The van der Waals surface area contributed by atoms with E-state index in [0.717, 1.165) is 11.1 Å². The SMILES string of the molecule is CC(C)C[C@@H](C(=O)NN(CC(C)C)C(=O)[C@@H](C)OCc1ccccc1)[C@H](CC=Cc1ccccc1)C(=O)NO. The summed E-state index contributed by atoms with van der Waals surface area (Å²) in [6, 6.07) is 19.2. The van der Waals surface area contributed by atoms with Crippen LogP contribution < -0.4 is 10.9 Å². The Labute approximate surface area is 232 Å². The first-order chi connectivity index (χ1) is 18.6. The molecule has 8 heteroatoms. The summed E-state index contributed by atoms with van der Waals surface area (Å²) in [6.45, 7) is 10.0. The molecule has 3 atom stereocenters. The number of hydroxylamine groups is 1. The third-order valence-electron chi connectivity index (χ3n) is 6.24. The van der Waals surface area contributed by atoms with E-state index in [9.17, 15) is 19.6 Å². The standard InChI is InChI=1S/C31H43N3O5/c1-22(2)19-28(27(30(36)33-38)18-12-17-25-13-8-6-9-14-25)29(35)32-34(20-23(3)4)31(37)24(5)39-21-26-15-10-7-11-16-26/h6-17,22-24,27-28,38H,18-21H2,1-5H3,(H,32,35)(H,33,36)/t24-,27+,28-/m1/s1. The molecular formula is C31H43N3O5. The maximum Gasteiger partial charge on any atom is 0.269 e. The molecule has 0 fully saturated rings. The zero-order valence-corrected chi connectivity index (χ0v) is 23.7. The molecule has 0 bridgehead atoms. The lowest BCUT2D eigenvalue weighted by Crippen LogP contribution is -2.54. The molecule has 0 aromatic heterocycles.